The second-order valence-corrected chi connectivity index (χ2v) is 3.76. The molecule has 2 unspecified atom stereocenters. The Morgan fingerprint density at radius 1 is 1.31 bits per heavy atom. The number of hydrogen-bond acceptors (Lipinski definition) is 3. The van der Waals surface area contributed by atoms with Crippen LogP contribution in [-0.4, -0.2) is 32.5 Å². The summed E-state index contributed by atoms with van der Waals surface area (Å²) in [6.07, 6.45) is 4.23. The molecule has 0 aromatic heterocycles. The lowest BCUT2D eigenvalue weighted by atomic mass is 9.95. The first-order valence-corrected chi connectivity index (χ1v) is 5.01. The van der Waals surface area contributed by atoms with Gasteiger partial charge in [0.25, 0.3) is 0 Å². The molecule has 0 aliphatic carbocycles. The Bertz CT molecular complexity index is 134. The van der Waals surface area contributed by atoms with Gasteiger partial charge in [0.05, 0.1) is 6.61 Å². The molecular formula is C9H19ClN2O. The standard InChI is InChI=1S/C9H18N2O.ClH/c1-2-8(7-10-3-1)6-9-11-4-5-12-9;/h8-11H,1-7H2;1H. The SMILES string of the molecule is C1CNCC(CC2NCCO2)C1.Cl. The summed E-state index contributed by atoms with van der Waals surface area (Å²) in [4.78, 5) is 0. The van der Waals surface area contributed by atoms with Gasteiger partial charge in [-0.2, -0.15) is 0 Å². The van der Waals surface area contributed by atoms with Crippen LogP contribution >= 0.6 is 12.4 Å². The van der Waals surface area contributed by atoms with Crippen LogP contribution in [0.1, 0.15) is 19.3 Å². The summed E-state index contributed by atoms with van der Waals surface area (Å²) in [7, 11) is 0. The molecule has 0 radical (unpaired) electrons. The van der Waals surface area contributed by atoms with E-state index in [0.29, 0.717) is 6.23 Å². The first-order chi connectivity index (χ1) is 5.95. The topological polar surface area (TPSA) is 33.3 Å². The molecule has 2 saturated heterocycles. The van der Waals surface area contributed by atoms with Gasteiger partial charge in [0.1, 0.15) is 6.23 Å². The molecule has 13 heavy (non-hydrogen) atoms. The maximum Gasteiger partial charge on any atom is 0.108 e. The van der Waals surface area contributed by atoms with Crippen LogP contribution in [0.3, 0.4) is 0 Å². The second kappa shape index (κ2) is 5.81. The van der Waals surface area contributed by atoms with Gasteiger partial charge in [-0.3, -0.25) is 5.32 Å². The number of piperidine rings is 1. The maximum absolute atomic E-state index is 5.52. The average Bonchev–Trinajstić information content (AvgIpc) is 2.59. The molecule has 0 saturated carbocycles. The molecule has 2 rings (SSSR count). The summed E-state index contributed by atoms with van der Waals surface area (Å²) in [5, 5.41) is 6.78. The minimum Gasteiger partial charge on any atom is -0.362 e. The molecule has 3 nitrogen and oxygen atoms in total. The van der Waals surface area contributed by atoms with Gasteiger partial charge < -0.3 is 10.1 Å². The van der Waals surface area contributed by atoms with Crippen molar-refractivity contribution < 1.29 is 4.74 Å². The fraction of sp³-hybridized carbons (Fsp3) is 1.00. The summed E-state index contributed by atoms with van der Waals surface area (Å²) in [5.41, 5.74) is 0. The van der Waals surface area contributed by atoms with Gasteiger partial charge in [-0.15, -0.1) is 12.4 Å². The normalized spacial score (nSPS) is 34.2. The van der Waals surface area contributed by atoms with Crippen molar-refractivity contribution in [1.29, 1.82) is 0 Å². The quantitative estimate of drug-likeness (QED) is 0.700. The van der Waals surface area contributed by atoms with E-state index in [1.165, 1.54) is 32.4 Å². The van der Waals surface area contributed by atoms with Gasteiger partial charge in [-0.05, 0) is 38.3 Å². The van der Waals surface area contributed by atoms with Crippen molar-refractivity contribution in [3.63, 3.8) is 0 Å². The number of hydrogen-bond donors (Lipinski definition) is 2. The van der Waals surface area contributed by atoms with E-state index in [1.54, 1.807) is 0 Å². The molecule has 0 amide bonds. The van der Waals surface area contributed by atoms with Crippen LogP contribution < -0.4 is 10.6 Å². The maximum atomic E-state index is 5.52. The molecule has 0 aromatic rings. The molecule has 2 N–H and O–H groups in total. The highest BCUT2D eigenvalue weighted by molar-refractivity contribution is 5.85. The Hall–Kier alpha value is 0.170. The van der Waals surface area contributed by atoms with Crippen molar-refractivity contribution in [3.8, 4) is 0 Å². The third-order valence-electron chi connectivity index (χ3n) is 2.74. The predicted molar refractivity (Wildman–Crippen MR) is 55.2 cm³/mol. The minimum atomic E-state index is 0. The average molecular weight is 207 g/mol. The van der Waals surface area contributed by atoms with E-state index < -0.39 is 0 Å². The molecule has 78 valence electrons. The van der Waals surface area contributed by atoms with Gasteiger partial charge in [0.15, 0.2) is 0 Å². The second-order valence-electron chi connectivity index (χ2n) is 3.76. The lowest BCUT2D eigenvalue weighted by molar-refractivity contribution is 0.0754. The fourth-order valence-corrected chi connectivity index (χ4v) is 2.06. The highest BCUT2D eigenvalue weighted by Crippen LogP contribution is 2.17. The van der Waals surface area contributed by atoms with Crippen LogP contribution in [0.15, 0.2) is 0 Å². The van der Waals surface area contributed by atoms with Crippen LogP contribution in [-0.2, 0) is 4.74 Å². The minimum absolute atomic E-state index is 0. The third kappa shape index (κ3) is 3.43. The molecule has 2 atom stereocenters. The van der Waals surface area contributed by atoms with Gasteiger partial charge in [0, 0.05) is 6.54 Å². The smallest absolute Gasteiger partial charge is 0.108 e. The van der Waals surface area contributed by atoms with E-state index in [1.807, 2.05) is 0 Å². The zero-order valence-electron chi connectivity index (χ0n) is 7.92. The predicted octanol–water partition coefficient (Wildman–Crippen LogP) is 0.744. The van der Waals surface area contributed by atoms with Crippen LogP contribution in [0.5, 0.6) is 0 Å². The number of rotatable bonds is 2. The van der Waals surface area contributed by atoms with Gasteiger partial charge in [-0.1, -0.05) is 0 Å². The summed E-state index contributed by atoms with van der Waals surface area (Å²) < 4.78 is 5.52. The van der Waals surface area contributed by atoms with E-state index in [2.05, 4.69) is 10.6 Å². The van der Waals surface area contributed by atoms with E-state index in [4.69, 9.17) is 4.74 Å². The van der Waals surface area contributed by atoms with E-state index in [0.717, 1.165) is 19.1 Å². The number of halogens is 1. The van der Waals surface area contributed by atoms with Crippen molar-refractivity contribution >= 4 is 12.4 Å². The molecule has 2 heterocycles. The summed E-state index contributed by atoms with van der Waals surface area (Å²) in [6, 6.07) is 0. The van der Waals surface area contributed by atoms with Crippen LogP contribution in [0.25, 0.3) is 0 Å². The number of ether oxygens (including phenoxy) is 1. The first-order valence-electron chi connectivity index (χ1n) is 5.01. The van der Waals surface area contributed by atoms with Crippen molar-refractivity contribution in [2.24, 2.45) is 5.92 Å². The Morgan fingerprint density at radius 2 is 2.23 bits per heavy atom. The Balaban J connectivity index is 0.000000845. The van der Waals surface area contributed by atoms with Gasteiger partial charge in [0.2, 0.25) is 0 Å². The zero-order valence-corrected chi connectivity index (χ0v) is 8.74. The lowest BCUT2D eigenvalue weighted by Crippen LogP contribution is -2.34. The summed E-state index contributed by atoms with van der Waals surface area (Å²) in [6.45, 7) is 4.31. The summed E-state index contributed by atoms with van der Waals surface area (Å²) in [5.74, 6) is 0.828. The molecule has 2 fully saturated rings. The lowest BCUT2D eigenvalue weighted by Gasteiger charge is -2.24. The van der Waals surface area contributed by atoms with Crippen LogP contribution in [0, 0.1) is 5.92 Å². The van der Waals surface area contributed by atoms with Gasteiger partial charge in [-0.25, -0.2) is 0 Å². The molecule has 2 aliphatic rings. The molecule has 4 heteroatoms. The van der Waals surface area contributed by atoms with Crippen molar-refractivity contribution in [3.05, 3.63) is 0 Å². The van der Waals surface area contributed by atoms with Crippen molar-refractivity contribution in [2.75, 3.05) is 26.2 Å². The zero-order chi connectivity index (χ0) is 8.23. The molecule has 0 bridgehead atoms. The number of nitrogens with one attached hydrogen (secondary N) is 2. The highest BCUT2D eigenvalue weighted by atomic mass is 35.5. The molecular weight excluding hydrogens is 188 g/mol. The van der Waals surface area contributed by atoms with Gasteiger partial charge >= 0.3 is 0 Å². The van der Waals surface area contributed by atoms with E-state index in [-0.39, 0.29) is 12.4 Å². The van der Waals surface area contributed by atoms with E-state index in [9.17, 15) is 0 Å². The van der Waals surface area contributed by atoms with Crippen molar-refractivity contribution in [2.45, 2.75) is 25.5 Å². The Labute approximate surface area is 86.0 Å². The van der Waals surface area contributed by atoms with E-state index >= 15 is 0 Å². The third-order valence-corrected chi connectivity index (χ3v) is 2.74. The highest BCUT2D eigenvalue weighted by Gasteiger charge is 2.21. The molecule has 0 spiro atoms. The van der Waals surface area contributed by atoms with Crippen LogP contribution in [0.4, 0.5) is 0 Å². The van der Waals surface area contributed by atoms with Crippen LogP contribution in [0.2, 0.25) is 0 Å². The summed E-state index contributed by atoms with van der Waals surface area (Å²) >= 11 is 0. The molecule has 2 aliphatic heterocycles. The Morgan fingerprint density at radius 3 is 2.85 bits per heavy atom. The molecule has 0 aromatic carbocycles. The fourth-order valence-electron chi connectivity index (χ4n) is 2.06. The largest absolute Gasteiger partial charge is 0.362 e. The monoisotopic (exact) mass is 206 g/mol. The first kappa shape index (κ1) is 11.2. The Kier molecular flexibility index (Phi) is 5.02. The van der Waals surface area contributed by atoms with Crippen molar-refractivity contribution in [1.82, 2.24) is 10.6 Å².